The summed E-state index contributed by atoms with van der Waals surface area (Å²) in [7, 11) is 1.37. The molecule has 0 aromatic rings. The van der Waals surface area contributed by atoms with Crippen LogP contribution in [0.1, 0.15) is 39.0 Å². The minimum Gasteiger partial charge on any atom is -0.469 e. The topological polar surface area (TPSA) is 52.6 Å². The maximum absolute atomic E-state index is 11.8. The number of hydrogen-bond donors (Lipinski definition) is 0. The monoisotopic (exact) mass is 228 g/mol. The standard InChI is InChI=1S/C12H20O4/c1-3-8-16-12(14)10-7-5-4-6-9(10)11(13)15-2/h9-10H,3-8H2,1-2H3. The minimum atomic E-state index is -0.303. The van der Waals surface area contributed by atoms with Crippen LogP contribution in [0.25, 0.3) is 0 Å². The van der Waals surface area contributed by atoms with Crippen molar-refractivity contribution in [2.45, 2.75) is 39.0 Å². The molecule has 0 saturated heterocycles. The maximum Gasteiger partial charge on any atom is 0.309 e. The van der Waals surface area contributed by atoms with Crippen molar-refractivity contribution < 1.29 is 19.1 Å². The summed E-state index contributed by atoms with van der Waals surface area (Å²) in [6, 6.07) is 0. The summed E-state index contributed by atoms with van der Waals surface area (Å²) in [6.07, 6.45) is 4.25. The van der Waals surface area contributed by atoms with E-state index in [1.807, 2.05) is 6.92 Å². The summed E-state index contributed by atoms with van der Waals surface area (Å²) in [5.41, 5.74) is 0. The van der Waals surface area contributed by atoms with E-state index in [4.69, 9.17) is 9.47 Å². The molecule has 0 radical (unpaired) electrons. The molecule has 1 fully saturated rings. The van der Waals surface area contributed by atoms with Crippen molar-refractivity contribution in [3.8, 4) is 0 Å². The van der Waals surface area contributed by atoms with Crippen molar-refractivity contribution in [3.63, 3.8) is 0 Å². The van der Waals surface area contributed by atoms with Gasteiger partial charge in [-0.3, -0.25) is 9.59 Å². The van der Waals surface area contributed by atoms with Gasteiger partial charge in [0.2, 0.25) is 0 Å². The zero-order valence-corrected chi connectivity index (χ0v) is 10.0. The fraction of sp³-hybridized carbons (Fsp3) is 0.833. The van der Waals surface area contributed by atoms with Crippen molar-refractivity contribution in [2.24, 2.45) is 11.8 Å². The van der Waals surface area contributed by atoms with Gasteiger partial charge in [0.05, 0.1) is 25.6 Å². The molecule has 1 aliphatic rings. The third-order valence-electron chi connectivity index (χ3n) is 3.02. The van der Waals surface area contributed by atoms with Gasteiger partial charge in [0.25, 0.3) is 0 Å². The molecule has 1 rings (SSSR count). The van der Waals surface area contributed by atoms with Gasteiger partial charge in [0, 0.05) is 0 Å². The average molecular weight is 228 g/mol. The van der Waals surface area contributed by atoms with E-state index in [-0.39, 0.29) is 23.8 Å². The Hall–Kier alpha value is -1.06. The third kappa shape index (κ3) is 3.22. The Morgan fingerprint density at radius 2 is 1.69 bits per heavy atom. The van der Waals surface area contributed by atoms with Crippen LogP contribution in [0, 0.1) is 11.8 Å². The van der Waals surface area contributed by atoms with E-state index >= 15 is 0 Å². The average Bonchev–Trinajstić information content (AvgIpc) is 2.35. The fourth-order valence-electron chi connectivity index (χ4n) is 2.16. The molecule has 0 amide bonds. The van der Waals surface area contributed by atoms with Gasteiger partial charge in [0.1, 0.15) is 0 Å². The molecule has 0 heterocycles. The highest BCUT2D eigenvalue weighted by Gasteiger charge is 2.37. The Labute approximate surface area is 96.3 Å². The number of esters is 2. The normalized spacial score (nSPS) is 24.9. The molecule has 2 unspecified atom stereocenters. The highest BCUT2D eigenvalue weighted by atomic mass is 16.5. The van der Waals surface area contributed by atoms with Crippen LogP contribution in [0.2, 0.25) is 0 Å². The number of carbonyl (C=O) groups excluding carboxylic acids is 2. The Kier molecular flexibility index (Phi) is 5.29. The Morgan fingerprint density at radius 1 is 1.12 bits per heavy atom. The van der Waals surface area contributed by atoms with Crippen LogP contribution < -0.4 is 0 Å². The molecule has 0 spiro atoms. The summed E-state index contributed by atoms with van der Waals surface area (Å²) in [4.78, 5) is 23.3. The van der Waals surface area contributed by atoms with Crippen LogP contribution in [-0.4, -0.2) is 25.7 Å². The SMILES string of the molecule is CCCOC(=O)C1CCCCC1C(=O)OC. The van der Waals surface area contributed by atoms with Gasteiger partial charge in [0.15, 0.2) is 0 Å². The van der Waals surface area contributed by atoms with E-state index in [0.717, 1.165) is 32.1 Å². The number of rotatable bonds is 4. The molecule has 0 aromatic heterocycles. The molecule has 0 aliphatic heterocycles. The smallest absolute Gasteiger partial charge is 0.309 e. The molecule has 1 aliphatic carbocycles. The van der Waals surface area contributed by atoms with Crippen LogP contribution in [0.5, 0.6) is 0 Å². The first-order valence-electron chi connectivity index (χ1n) is 5.95. The second-order valence-electron chi connectivity index (χ2n) is 4.19. The first-order valence-corrected chi connectivity index (χ1v) is 5.95. The van der Waals surface area contributed by atoms with Gasteiger partial charge in [-0.2, -0.15) is 0 Å². The number of ether oxygens (including phenoxy) is 2. The number of hydrogen-bond acceptors (Lipinski definition) is 4. The lowest BCUT2D eigenvalue weighted by atomic mass is 9.79. The second-order valence-corrected chi connectivity index (χ2v) is 4.19. The summed E-state index contributed by atoms with van der Waals surface area (Å²) in [5, 5.41) is 0. The van der Waals surface area contributed by atoms with E-state index in [1.165, 1.54) is 7.11 Å². The molecule has 2 atom stereocenters. The lowest BCUT2D eigenvalue weighted by Gasteiger charge is -2.27. The summed E-state index contributed by atoms with van der Waals surface area (Å²) >= 11 is 0. The van der Waals surface area contributed by atoms with Gasteiger partial charge in [-0.1, -0.05) is 19.8 Å². The van der Waals surface area contributed by atoms with Gasteiger partial charge in [-0.15, -0.1) is 0 Å². The van der Waals surface area contributed by atoms with Crippen molar-refractivity contribution in [1.29, 1.82) is 0 Å². The molecule has 4 nitrogen and oxygen atoms in total. The van der Waals surface area contributed by atoms with Gasteiger partial charge in [-0.05, 0) is 19.3 Å². The summed E-state index contributed by atoms with van der Waals surface area (Å²) in [5.74, 6) is -1.12. The Morgan fingerprint density at radius 3 is 2.19 bits per heavy atom. The van der Waals surface area contributed by atoms with Crippen LogP contribution in [0.15, 0.2) is 0 Å². The van der Waals surface area contributed by atoms with E-state index in [0.29, 0.717) is 6.61 Å². The molecule has 0 aromatic carbocycles. The predicted molar refractivity (Wildman–Crippen MR) is 58.7 cm³/mol. The minimum absolute atomic E-state index is 0.239. The second kappa shape index (κ2) is 6.51. The summed E-state index contributed by atoms with van der Waals surface area (Å²) < 4.78 is 9.84. The molecule has 16 heavy (non-hydrogen) atoms. The quantitative estimate of drug-likeness (QED) is 0.690. The van der Waals surface area contributed by atoms with Crippen LogP contribution in [-0.2, 0) is 19.1 Å². The lowest BCUT2D eigenvalue weighted by Crippen LogP contribution is -2.34. The highest BCUT2D eigenvalue weighted by molar-refractivity contribution is 5.82. The van der Waals surface area contributed by atoms with Gasteiger partial charge in [-0.25, -0.2) is 0 Å². The predicted octanol–water partition coefficient (Wildman–Crippen LogP) is 1.92. The van der Waals surface area contributed by atoms with Gasteiger partial charge >= 0.3 is 11.9 Å². The molecule has 0 N–H and O–H groups in total. The number of carbonyl (C=O) groups is 2. The van der Waals surface area contributed by atoms with E-state index in [2.05, 4.69) is 0 Å². The van der Waals surface area contributed by atoms with E-state index in [1.54, 1.807) is 0 Å². The molecular formula is C12H20O4. The Balaban J connectivity index is 2.59. The molecule has 0 bridgehead atoms. The van der Waals surface area contributed by atoms with Crippen molar-refractivity contribution in [1.82, 2.24) is 0 Å². The zero-order chi connectivity index (χ0) is 12.0. The highest BCUT2D eigenvalue weighted by Crippen LogP contribution is 2.31. The molecule has 1 saturated carbocycles. The van der Waals surface area contributed by atoms with E-state index < -0.39 is 0 Å². The van der Waals surface area contributed by atoms with Crippen LogP contribution in [0.3, 0.4) is 0 Å². The summed E-state index contributed by atoms with van der Waals surface area (Å²) in [6.45, 7) is 2.38. The maximum atomic E-state index is 11.8. The first kappa shape index (κ1) is 13.0. The Bertz CT molecular complexity index is 249. The fourth-order valence-corrected chi connectivity index (χ4v) is 2.16. The number of methoxy groups -OCH3 is 1. The van der Waals surface area contributed by atoms with Crippen molar-refractivity contribution in [3.05, 3.63) is 0 Å². The van der Waals surface area contributed by atoms with E-state index in [9.17, 15) is 9.59 Å². The van der Waals surface area contributed by atoms with Crippen LogP contribution in [0.4, 0.5) is 0 Å². The van der Waals surface area contributed by atoms with Crippen LogP contribution >= 0.6 is 0 Å². The molecule has 4 heteroatoms. The van der Waals surface area contributed by atoms with Gasteiger partial charge < -0.3 is 9.47 Å². The van der Waals surface area contributed by atoms with Crippen molar-refractivity contribution >= 4 is 11.9 Å². The first-order chi connectivity index (χ1) is 7.70. The largest absolute Gasteiger partial charge is 0.469 e. The molecular weight excluding hydrogens is 208 g/mol. The lowest BCUT2D eigenvalue weighted by molar-refractivity contribution is -0.161. The third-order valence-corrected chi connectivity index (χ3v) is 3.02. The van der Waals surface area contributed by atoms with Crippen molar-refractivity contribution in [2.75, 3.05) is 13.7 Å². The zero-order valence-electron chi connectivity index (χ0n) is 10.0. The molecule has 92 valence electrons.